The Kier molecular flexibility index (Phi) is 1.60. The first-order valence-electron chi connectivity index (χ1n) is 3.83. The highest BCUT2D eigenvalue weighted by Gasteiger charge is 2.02. The molecular weight excluding hydrogens is 164 g/mol. The third-order valence-corrected chi connectivity index (χ3v) is 1.89. The molecule has 0 saturated heterocycles. The number of fused-ring (bicyclic) bond motifs is 1. The van der Waals surface area contributed by atoms with Crippen LogP contribution in [-0.2, 0) is 0 Å². The number of hydrogen-bond donors (Lipinski definition) is 0. The summed E-state index contributed by atoms with van der Waals surface area (Å²) < 4.78 is 0.760. The molecule has 0 fully saturated rings. The fourth-order valence-corrected chi connectivity index (χ4v) is 1.25. The Morgan fingerprint density at radius 1 is 1.31 bits per heavy atom. The second-order valence-corrected chi connectivity index (χ2v) is 2.72. The Bertz CT molecular complexity index is 500. The Balaban J connectivity index is 2.84. The molecule has 0 aliphatic carbocycles. The Labute approximate surface area is 75.0 Å². The predicted molar refractivity (Wildman–Crippen MR) is 47.6 cm³/mol. The zero-order valence-electron chi connectivity index (χ0n) is 6.77. The summed E-state index contributed by atoms with van der Waals surface area (Å²) in [5.41, 5.74) is 1.03. The van der Waals surface area contributed by atoms with Gasteiger partial charge in [-0.2, -0.15) is 9.99 Å². The summed E-state index contributed by atoms with van der Waals surface area (Å²) in [6.45, 7) is 0. The summed E-state index contributed by atoms with van der Waals surface area (Å²) in [5.74, 6) is 0. The minimum Gasteiger partial charge on any atom is -0.618 e. The molecule has 2 rings (SSSR count). The summed E-state index contributed by atoms with van der Waals surface area (Å²) in [5, 5.41) is 20.7. The molecule has 0 aliphatic heterocycles. The summed E-state index contributed by atoms with van der Waals surface area (Å²) in [4.78, 5) is 0. The van der Waals surface area contributed by atoms with E-state index in [-0.39, 0.29) is 0 Å². The third kappa shape index (κ3) is 1.18. The predicted octanol–water partition coefficient (Wildman–Crippen LogP) is 1.34. The van der Waals surface area contributed by atoms with Gasteiger partial charge in [0.05, 0.1) is 11.6 Å². The van der Waals surface area contributed by atoms with Gasteiger partial charge in [0.2, 0.25) is 5.52 Å². The lowest BCUT2D eigenvalue weighted by molar-refractivity contribution is -0.577. The van der Waals surface area contributed by atoms with Crippen LogP contribution in [0.15, 0.2) is 36.5 Å². The SMILES string of the molecule is N#Cc1ccc2ccc[n+]([O-])c2c1. The summed E-state index contributed by atoms with van der Waals surface area (Å²) in [6, 6.07) is 10.6. The van der Waals surface area contributed by atoms with E-state index in [0.29, 0.717) is 11.1 Å². The zero-order valence-corrected chi connectivity index (χ0v) is 6.77. The number of nitriles is 1. The maximum atomic E-state index is 11.3. The summed E-state index contributed by atoms with van der Waals surface area (Å²) in [7, 11) is 0. The van der Waals surface area contributed by atoms with Gasteiger partial charge in [-0.15, -0.1) is 0 Å². The number of pyridine rings is 1. The molecule has 3 heteroatoms. The molecule has 0 amide bonds. The molecule has 13 heavy (non-hydrogen) atoms. The van der Waals surface area contributed by atoms with Crippen molar-refractivity contribution in [3.63, 3.8) is 0 Å². The normalized spacial score (nSPS) is 9.77. The monoisotopic (exact) mass is 170 g/mol. The molecule has 0 N–H and O–H groups in total. The molecule has 0 radical (unpaired) electrons. The van der Waals surface area contributed by atoms with Crippen molar-refractivity contribution >= 4 is 10.9 Å². The quantitative estimate of drug-likeness (QED) is 0.442. The van der Waals surface area contributed by atoms with Crippen LogP contribution in [0.3, 0.4) is 0 Å². The fourth-order valence-electron chi connectivity index (χ4n) is 1.25. The Morgan fingerprint density at radius 3 is 2.92 bits per heavy atom. The van der Waals surface area contributed by atoms with Gasteiger partial charge >= 0.3 is 0 Å². The van der Waals surface area contributed by atoms with Crippen LogP contribution in [0, 0.1) is 16.5 Å². The largest absolute Gasteiger partial charge is 0.618 e. The van der Waals surface area contributed by atoms with E-state index in [2.05, 4.69) is 0 Å². The van der Waals surface area contributed by atoms with Gasteiger partial charge in [0.1, 0.15) is 0 Å². The molecule has 0 bridgehead atoms. The highest BCUT2D eigenvalue weighted by atomic mass is 16.5. The Hall–Kier alpha value is -2.08. The van der Waals surface area contributed by atoms with Crippen LogP contribution < -0.4 is 4.73 Å². The van der Waals surface area contributed by atoms with E-state index < -0.39 is 0 Å². The lowest BCUT2D eigenvalue weighted by Gasteiger charge is -1.99. The van der Waals surface area contributed by atoms with E-state index in [1.165, 1.54) is 6.20 Å². The van der Waals surface area contributed by atoms with Crippen molar-refractivity contribution in [2.75, 3.05) is 0 Å². The van der Waals surface area contributed by atoms with Gasteiger partial charge < -0.3 is 5.21 Å². The van der Waals surface area contributed by atoms with Crippen LogP contribution in [0.5, 0.6) is 0 Å². The third-order valence-electron chi connectivity index (χ3n) is 1.89. The lowest BCUT2D eigenvalue weighted by Crippen LogP contribution is -2.25. The molecule has 0 aliphatic rings. The fraction of sp³-hybridized carbons (Fsp3) is 0. The smallest absolute Gasteiger partial charge is 0.225 e. The van der Waals surface area contributed by atoms with E-state index in [4.69, 9.17) is 5.26 Å². The molecule has 0 saturated carbocycles. The van der Waals surface area contributed by atoms with Crippen LogP contribution in [-0.4, -0.2) is 0 Å². The van der Waals surface area contributed by atoms with E-state index in [1.807, 2.05) is 12.1 Å². The zero-order chi connectivity index (χ0) is 9.26. The van der Waals surface area contributed by atoms with Gasteiger partial charge in [0.15, 0.2) is 6.20 Å². The number of hydrogen-bond acceptors (Lipinski definition) is 2. The number of nitrogens with zero attached hydrogens (tertiary/aromatic N) is 2. The first-order valence-corrected chi connectivity index (χ1v) is 3.83. The maximum absolute atomic E-state index is 11.3. The van der Waals surface area contributed by atoms with Gasteiger partial charge in [-0.05, 0) is 18.2 Å². The second kappa shape index (κ2) is 2.76. The average molecular weight is 170 g/mol. The summed E-state index contributed by atoms with van der Waals surface area (Å²) in [6.07, 6.45) is 1.42. The van der Waals surface area contributed by atoms with E-state index >= 15 is 0 Å². The van der Waals surface area contributed by atoms with Crippen LogP contribution in [0.25, 0.3) is 10.9 Å². The number of aromatic nitrogens is 1. The molecule has 1 aromatic heterocycles. The van der Waals surface area contributed by atoms with Crippen molar-refractivity contribution in [3.8, 4) is 6.07 Å². The van der Waals surface area contributed by atoms with Crippen molar-refractivity contribution in [3.05, 3.63) is 47.3 Å². The molecule has 1 heterocycles. The maximum Gasteiger partial charge on any atom is 0.225 e. The van der Waals surface area contributed by atoms with Crippen molar-refractivity contribution in [2.24, 2.45) is 0 Å². The van der Waals surface area contributed by atoms with Crippen LogP contribution in [0.2, 0.25) is 0 Å². The second-order valence-electron chi connectivity index (χ2n) is 2.72. The van der Waals surface area contributed by atoms with Crippen LogP contribution in [0.4, 0.5) is 0 Å². The molecule has 62 valence electrons. The van der Waals surface area contributed by atoms with Gasteiger partial charge in [-0.1, -0.05) is 0 Å². The highest BCUT2D eigenvalue weighted by Crippen LogP contribution is 2.10. The van der Waals surface area contributed by atoms with E-state index in [1.54, 1.807) is 24.3 Å². The number of rotatable bonds is 0. The molecular formula is C10H6N2O. The van der Waals surface area contributed by atoms with Crippen LogP contribution >= 0.6 is 0 Å². The molecule has 0 unspecified atom stereocenters. The molecule has 3 nitrogen and oxygen atoms in total. The molecule has 1 aromatic carbocycles. The first-order chi connectivity index (χ1) is 6.31. The number of benzene rings is 1. The summed E-state index contributed by atoms with van der Waals surface area (Å²) >= 11 is 0. The van der Waals surface area contributed by atoms with Gasteiger partial charge in [-0.3, -0.25) is 0 Å². The van der Waals surface area contributed by atoms with Crippen molar-refractivity contribution < 1.29 is 4.73 Å². The minimum absolute atomic E-state index is 0.503. The van der Waals surface area contributed by atoms with E-state index in [9.17, 15) is 5.21 Å². The van der Waals surface area contributed by atoms with Crippen molar-refractivity contribution in [2.45, 2.75) is 0 Å². The average Bonchev–Trinajstić information content (AvgIpc) is 2.18. The Morgan fingerprint density at radius 2 is 2.15 bits per heavy atom. The van der Waals surface area contributed by atoms with Crippen molar-refractivity contribution in [1.82, 2.24) is 0 Å². The molecule has 0 atom stereocenters. The minimum atomic E-state index is 0.503. The standard InChI is InChI=1S/C10H6N2O/c11-7-8-3-4-9-2-1-5-12(13)10(9)6-8/h1-6H. The van der Waals surface area contributed by atoms with Crippen LogP contribution in [0.1, 0.15) is 5.56 Å². The first kappa shape index (κ1) is 7.56. The lowest BCUT2D eigenvalue weighted by atomic mass is 10.1. The highest BCUT2D eigenvalue weighted by molar-refractivity contribution is 5.76. The van der Waals surface area contributed by atoms with Gasteiger partial charge in [0, 0.05) is 17.5 Å². The molecule has 0 spiro atoms. The topological polar surface area (TPSA) is 50.7 Å². The molecule has 2 aromatic rings. The van der Waals surface area contributed by atoms with Gasteiger partial charge in [-0.25, -0.2) is 0 Å². The van der Waals surface area contributed by atoms with Gasteiger partial charge in [0.25, 0.3) is 0 Å². The van der Waals surface area contributed by atoms with E-state index in [0.717, 1.165) is 10.1 Å². The van der Waals surface area contributed by atoms with Crippen molar-refractivity contribution in [1.29, 1.82) is 5.26 Å².